The van der Waals surface area contributed by atoms with E-state index < -0.39 is 23.7 Å². The van der Waals surface area contributed by atoms with E-state index in [1.54, 1.807) is 31.2 Å². The van der Waals surface area contributed by atoms with Gasteiger partial charge >= 0.3 is 0 Å². The molecule has 2 amide bonds. The molecule has 0 spiro atoms. The molecule has 34 heavy (non-hydrogen) atoms. The average Bonchev–Trinajstić information content (AvgIpc) is 3.33. The molecule has 1 aromatic heterocycles. The third-order valence-electron chi connectivity index (χ3n) is 5.25. The maximum Gasteiger partial charge on any atom is 0.270 e. The van der Waals surface area contributed by atoms with Crippen LogP contribution in [-0.2, 0) is 11.4 Å². The van der Waals surface area contributed by atoms with Crippen molar-refractivity contribution in [2.24, 2.45) is 10.9 Å². The van der Waals surface area contributed by atoms with E-state index in [1.165, 1.54) is 25.3 Å². The Balaban J connectivity index is 1.46. The van der Waals surface area contributed by atoms with E-state index in [1.807, 2.05) is 6.07 Å². The molecule has 3 N–H and O–H groups in total. The maximum atomic E-state index is 13.6. The smallest absolute Gasteiger partial charge is 0.270 e. The van der Waals surface area contributed by atoms with Gasteiger partial charge in [-0.15, -0.1) is 0 Å². The lowest BCUT2D eigenvalue weighted by atomic mass is 10.0. The topological polar surface area (TPSA) is 129 Å². The van der Waals surface area contributed by atoms with Crippen LogP contribution in [0.3, 0.4) is 0 Å². The summed E-state index contributed by atoms with van der Waals surface area (Å²) in [6, 6.07) is 12.7. The van der Waals surface area contributed by atoms with Crippen LogP contribution in [0.4, 0.5) is 4.39 Å². The molecule has 3 aromatic rings. The SMILES string of the molecule is COc1cc(CNC(=O)c2cc(C3=NOC(c4cccc(C(N)=O)c4)C3)nc(C)n2)ccc1F. The Bertz CT molecular complexity index is 1290. The fourth-order valence-electron chi connectivity index (χ4n) is 3.52. The highest BCUT2D eigenvalue weighted by atomic mass is 19.1. The quantitative estimate of drug-likeness (QED) is 0.554. The van der Waals surface area contributed by atoms with Crippen LogP contribution in [0.15, 0.2) is 53.7 Å². The number of nitrogens with one attached hydrogen (secondary N) is 1. The van der Waals surface area contributed by atoms with Gasteiger partial charge in [-0.2, -0.15) is 0 Å². The molecule has 2 heterocycles. The number of methoxy groups -OCH3 is 1. The summed E-state index contributed by atoms with van der Waals surface area (Å²) in [5.41, 5.74) is 8.35. The van der Waals surface area contributed by atoms with Crippen molar-refractivity contribution in [1.82, 2.24) is 15.3 Å². The molecule has 2 aromatic carbocycles. The monoisotopic (exact) mass is 463 g/mol. The number of primary amides is 1. The number of aromatic nitrogens is 2. The lowest BCUT2D eigenvalue weighted by Crippen LogP contribution is -2.25. The molecule has 0 saturated carbocycles. The van der Waals surface area contributed by atoms with E-state index in [9.17, 15) is 14.0 Å². The molecule has 0 radical (unpaired) electrons. The molecule has 1 unspecified atom stereocenters. The van der Waals surface area contributed by atoms with Crippen molar-refractivity contribution in [3.05, 3.63) is 88.3 Å². The van der Waals surface area contributed by atoms with Crippen molar-refractivity contribution >= 4 is 17.5 Å². The molecule has 0 fully saturated rings. The molecule has 10 heteroatoms. The Morgan fingerprint density at radius 2 is 2.03 bits per heavy atom. The number of hydrogen-bond donors (Lipinski definition) is 2. The number of benzene rings is 2. The minimum atomic E-state index is -0.526. The highest BCUT2D eigenvalue weighted by molar-refractivity contribution is 6.02. The van der Waals surface area contributed by atoms with Crippen LogP contribution < -0.4 is 15.8 Å². The van der Waals surface area contributed by atoms with Crippen LogP contribution >= 0.6 is 0 Å². The first-order valence-corrected chi connectivity index (χ1v) is 10.4. The Kier molecular flexibility index (Phi) is 6.48. The molecule has 174 valence electrons. The number of aryl methyl sites for hydroxylation is 1. The molecule has 1 aliphatic rings. The summed E-state index contributed by atoms with van der Waals surface area (Å²) in [7, 11) is 1.38. The Morgan fingerprint density at radius 3 is 2.79 bits per heavy atom. The Hall–Kier alpha value is -4.34. The van der Waals surface area contributed by atoms with Crippen molar-refractivity contribution in [1.29, 1.82) is 0 Å². The minimum Gasteiger partial charge on any atom is -0.494 e. The van der Waals surface area contributed by atoms with E-state index >= 15 is 0 Å². The van der Waals surface area contributed by atoms with Crippen molar-refractivity contribution in [3.63, 3.8) is 0 Å². The molecule has 1 atom stereocenters. The number of rotatable bonds is 7. The predicted octanol–water partition coefficient (Wildman–Crippen LogP) is 2.83. The van der Waals surface area contributed by atoms with Crippen LogP contribution in [0.1, 0.15) is 56.0 Å². The summed E-state index contributed by atoms with van der Waals surface area (Å²) in [4.78, 5) is 38.3. The van der Waals surface area contributed by atoms with Crippen LogP contribution in [0.2, 0.25) is 0 Å². The zero-order chi connectivity index (χ0) is 24.2. The van der Waals surface area contributed by atoms with Crippen molar-refractivity contribution < 1.29 is 23.6 Å². The molecule has 0 bridgehead atoms. The van der Waals surface area contributed by atoms with Crippen molar-refractivity contribution in [2.45, 2.75) is 26.0 Å². The summed E-state index contributed by atoms with van der Waals surface area (Å²) in [5.74, 6) is -0.926. The van der Waals surface area contributed by atoms with Gasteiger partial charge in [-0.1, -0.05) is 23.4 Å². The van der Waals surface area contributed by atoms with Gasteiger partial charge in [0.15, 0.2) is 17.7 Å². The van der Waals surface area contributed by atoms with Gasteiger partial charge in [-0.3, -0.25) is 9.59 Å². The number of ether oxygens (including phenoxy) is 1. The molecule has 4 rings (SSSR count). The normalized spacial score (nSPS) is 14.8. The van der Waals surface area contributed by atoms with Gasteiger partial charge in [0.25, 0.3) is 5.91 Å². The lowest BCUT2D eigenvalue weighted by Gasteiger charge is -2.10. The zero-order valence-corrected chi connectivity index (χ0v) is 18.5. The van der Waals surface area contributed by atoms with Crippen LogP contribution in [0.5, 0.6) is 5.75 Å². The lowest BCUT2D eigenvalue weighted by molar-refractivity contribution is 0.0855. The fourth-order valence-corrected chi connectivity index (χ4v) is 3.52. The van der Waals surface area contributed by atoms with Gasteiger partial charge in [0.1, 0.15) is 17.2 Å². The number of amides is 2. The first kappa shape index (κ1) is 22.8. The van der Waals surface area contributed by atoms with Gasteiger partial charge in [0.05, 0.1) is 12.8 Å². The van der Waals surface area contributed by atoms with Crippen molar-refractivity contribution in [2.75, 3.05) is 7.11 Å². The third kappa shape index (κ3) is 5.01. The molecule has 9 nitrogen and oxygen atoms in total. The largest absolute Gasteiger partial charge is 0.494 e. The molecular weight excluding hydrogens is 441 g/mol. The van der Waals surface area contributed by atoms with E-state index in [0.717, 1.165) is 5.56 Å². The van der Waals surface area contributed by atoms with Gasteiger partial charge < -0.3 is 20.6 Å². The van der Waals surface area contributed by atoms with Gasteiger partial charge in [-0.25, -0.2) is 14.4 Å². The van der Waals surface area contributed by atoms with Crippen LogP contribution in [-0.4, -0.2) is 34.6 Å². The minimum absolute atomic E-state index is 0.0991. The summed E-state index contributed by atoms with van der Waals surface area (Å²) >= 11 is 0. The molecule has 0 saturated heterocycles. The summed E-state index contributed by atoms with van der Waals surface area (Å²) in [6.45, 7) is 1.84. The van der Waals surface area contributed by atoms with E-state index in [-0.39, 0.29) is 18.0 Å². The number of carbonyl (C=O) groups excluding carboxylic acids is 2. The van der Waals surface area contributed by atoms with E-state index in [0.29, 0.717) is 34.8 Å². The Morgan fingerprint density at radius 1 is 1.21 bits per heavy atom. The van der Waals surface area contributed by atoms with Crippen LogP contribution in [0.25, 0.3) is 0 Å². The van der Waals surface area contributed by atoms with Crippen molar-refractivity contribution in [3.8, 4) is 5.75 Å². The van der Waals surface area contributed by atoms with Crippen LogP contribution in [0, 0.1) is 12.7 Å². The average molecular weight is 463 g/mol. The van der Waals surface area contributed by atoms with Gasteiger partial charge in [-0.05, 0) is 48.4 Å². The first-order valence-electron chi connectivity index (χ1n) is 10.4. The number of oxime groups is 1. The van der Waals surface area contributed by atoms with Gasteiger partial charge in [0, 0.05) is 18.5 Å². The van der Waals surface area contributed by atoms with E-state index in [2.05, 4.69) is 20.4 Å². The van der Waals surface area contributed by atoms with Gasteiger partial charge in [0.2, 0.25) is 5.91 Å². The summed E-state index contributed by atoms with van der Waals surface area (Å²) < 4.78 is 18.6. The third-order valence-corrected chi connectivity index (χ3v) is 5.25. The number of carbonyl (C=O) groups is 2. The molecule has 0 aliphatic carbocycles. The number of nitrogens with two attached hydrogens (primary N) is 1. The maximum absolute atomic E-state index is 13.6. The highest BCUT2D eigenvalue weighted by Crippen LogP contribution is 2.29. The fraction of sp³-hybridized carbons (Fsp3) is 0.208. The summed E-state index contributed by atoms with van der Waals surface area (Å²) in [5, 5.41) is 6.89. The number of halogens is 1. The number of nitrogens with zero attached hydrogens (tertiary/aromatic N) is 3. The highest BCUT2D eigenvalue weighted by Gasteiger charge is 2.26. The Labute approximate surface area is 194 Å². The molecular formula is C24H22FN5O4. The second-order valence-corrected chi connectivity index (χ2v) is 7.66. The van der Waals surface area contributed by atoms with E-state index in [4.69, 9.17) is 15.3 Å². The zero-order valence-electron chi connectivity index (χ0n) is 18.5. The summed E-state index contributed by atoms with van der Waals surface area (Å²) in [6.07, 6.45) is -0.00921. The number of hydrogen-bond acceptors (Lipinski definition) is 7. The second-order valence-electron chi connectivity index (χ2n) is 7.66. The first-order chi connectivity index (χ1) is 16.3. The molecule has 1 aliphatic heterocycles. The standard InChI is InChI=1S/C24H22FN5O4/c1-13-28-18(19-11-21(34-30-19)15-4-3-5-16(9-15)23(26)31)10-20(29-13)24(32)27-12-14-6-7-17(25)22(8-14)33-2/h3-10,21H,11-12H2,1-2H3,(H2,26,31)(H,27,32). The predicted molar refractivity (Wildman–Crippen MR) is 121 cm³/mol. The second kappa shape index (κ2) is 9.65.